The first kappa shape index (κ1) is 17.8. The monoisotopic (exact) mass is 327 g/mol. The van der Waals surface area contributed by atoms with E-state index in [4.69, 9.17) is 0 Å². The minimum absolute atomic E-state index is 0.0263. The molecule has 0 amide bonds. The van der Waals surface area contributed by atoms with Crippen molar-refractivity contribution in [1.29, 1.82) is 0 Å². The third kappa shape index (κ3) is 4.04. The molecule has 0 N–H and O–H groups in total. The molecular formula is C15H25N3O5. The van der Waals surface area contributed by atoms with E-state index in [1.54, 1.807) is 4.90 Å². The first-order valence-corrected chi connectivity index (χ1v) is 8.37. The zero-order valence-electron chi connectivity index (χ0n) is 13.6. The number of nitrogens with zero attached hydrogens (tertiary/aromatic N) is 3. The highest BCUT2D eigenvalue weighted by atomic mass is 16.7. The summed E-state index contributed by atoms with van der Waals surface area (Å²) >= 11 is 0. The maximum Gasteiger partial charge on any atom is 0.482 e. The molecule has 23 heavy (non-hydrogen) atoms. The average Bonchev–Trinajstić information content (AvgIpc) is 2.43. The van der Waals surface area contributed by atoms with Gasteiger partial charge in [0.1, 0.15) is 28.7 Å². The summed E-state index contributed by atoms with van der Waals surface area (Å²) in [6, 6.07) is -0.109. The molecule has 0 bridgehead atoms. The number of hydrogen-bond acceptors (Lipinski definition) is 6. The Bertz CT molecular complexity index is 454. The summed E-state index contributed by atoms with van der Waals surface area (Å²) in [4.78, 5) is 33.7. The van der Waals surface area contributed by atoms with E-state index < -0.39 is 15.5 Å². The highest BCUT2D eigenvalue weighted by molar-refractivity contribution is 5.76. The van der Waals surface area contributed by atoms with E-state index in [0.29, 0.717) is 12.3 Å². The van der Waals surface area contributed by atoms with Crippen LogP contribution in [0.2, 0.25) is 0 Å². The molecular weight excluding hydrogens is 302 g/mol. The predicted octanol–water partition coefficient (Wildman–Crippen LogP) is 2.26. The van der Waals surface area contributed by atoms with Gasteiger partial charge in [-0.1, -0.05) is 32.1 Å². The van der Waals surface area contributed by atoms with Crippen LogP contribution in [0.4, 0.5) is 0 Å². The Kier molecular flexibility index (Phi) is 5.67. The summed E-state index contributed by atoms with van der Waals surface area (Å²) in [6.07, 6.45) is 8.30. The topological polar surface area (TPSA) is 107 Å². The van der Waals surface area contributed by atoms with Crippen LogP contribution in [0, 0.1) is 26.1 Å². The van der Waals surface area contributed by atoms with E-state index in [0.717, 1.165) is 12.8 Å². The van der Waals surface area contributed by atoms with Gasteiger partial charge in [-0.25, -0.2) is 0 Å². The molecule has 1 aliphatic heterocycles. The third-order valence-electron chi connectivity index (χ3n) is 5.26. The van der Waals surface area contributed by atoms with Crippen LogP contribution in [0.1, 0.15) is 58.3 Å². The van der Waals surface area contributed by atoms with Gasteiger partial charge in [0.25, 0.3) is 0 Å². The minimum Gasteiger partial charge on any atom is -0.300 e. The van der Waals surface area contributed by atoms with Crippen molar-refractivity contribution >= 4 is 5.78 Å². The van der Waals surface area contributed by atoms with Crippen LogP contribution in [0.15, 0.2) is 0 Å². The van der Waals surface area contributed by atoms with Crippen LogP contribution in [0.5, 0.6) is 0 Å². The zero-order chi connectivity index (χ0) is 17.0. The van der Waals surface area contributed by atoms with Gasteiger partial charge < -0.3 is 0 Å². The van der Waals surface area contributed by atoms with E-state index in [1.807, 2.05) is 0 Å². The van der Waals surface area contributed by atoms with Gasteiger partial charge in [0.2, 0.25) is 0 Å². The number of likely N-dealkylation sites (tertiary alicyclic amines) is 1. The second-order valence-electron chi connectivity index (χ2n) is 7.04. The smallest absolute Gasteiger partial charge is 0.300 e. The van der Waals surface area contributed by atoms with Crippen molar-refractivity contribution in [2.24, 2.45) is 5.92 Å². The van der Waals surface area contributed by atoms with Crippen molar-refractivity contribution in [3.8, 4) is 0 Å². The number of Topliss-reactive ketones (excluding diaryl/α,β-unsaturated/α-hetero) is 1. The molecule has 2 aliphatic rings. The Hall–Kier alpha value is -1.57. The number of carbonyl (C=O) groups is 1. The van der Waals surface area contributed by atoms with Crippen LogP contribution in [0.25, 0.3) is 0 Å². The van der Waals surface area contributed by atoms with Crippen molar-refractivity contribution in [1.82, 2.24) is 4.90 Å². The van der Waals surface area contributed by atoms with Crippen LogP contribution in [-0.2, 0) is 4.79 Å². The van der Waals surface area contributed by atoms with Crippen molar-refractivity contribution in [3.63, 3.8) is 0 Å². The number of nitro groups is 2. The van der Waals surface area contributed by atoms with Crippen LogP contribution >= 0.6 is 0 Å². The van der Waals surface area contributed by atoms with Gasteiger partial charge in [0.05, 0.1) is 0 Å². The Morgan fingerprint density at radius 1 is 1.17 bits per heavy atom. The lowest BCUT2D eigenvalue weighted by molar-refractivity contribution is -0.811. The van der Waals surface area contributed by atoms with Gasteiger partial charge in [-0.3, -0.25) is 29.9 Å². The molecule has 2 rings (SSSR count). The fourth-order valence-electron chi connectivity index (χ4n) is 3.81. The molecule has 1 unspecified atom stereocenters. The van der Waals surface area contributed by atoms with E-state index in [2.05, 4.69) is 0 Å². The molecule has 8 heteroatoms. The molecule has 2 fully saturated rings. The summed E-state index contributed by atoms with van der Waals surface area (Å²) < 4.78 is 0. The number of ketones is 1. The average molecular weight is 327 g/mol. The van der Waals surface area contributed by atoms with Crippen LogP contribution in [0.3, 0.4) is 0 Å². The first-order chi connectivity index (χ1) is 10.8. The Labute approximate surface area is 135 Å². The Morgan fingerprint density at radius 2 is 1.74 bits per heavy atom. The summed E-state index contributed by atoms with van der Waals surface area (Å²) in [5, 5.41) is 22.0. The van der Waals surface area contributed by atoms with Gasteiger partial charge in [-0.05, 0) is 25.7 Å². The summed E-state index contributed by atoms with van der Waals surface area (Å²) in [6.45, 7) is 1.10. The molecule has 0 aromatic heterocycles. The summed E-state index contributed by atoms with van der Waals surface area (Å²) in [5.74, 6) is 0.689. The highest BCUT2D eigenvalue weighted by Gasteiger charge is 2.67. The minimum atomic E-state index is -2.08. The molecule has 0 spiro atoms. The summed E-state index contributed by atoms with van der Waals surface area (Å²) in [5.41, 5.74) is -2.08. The zero-order valence-corrected chi connectivity index (χ0v) is 13.6. The molecule has 1 aliphatic carbocycles. The van der Waals surface area contributed by atoms with Crippen molar-refractivity contribution < 1.29 is 14.6 Å². The molecule has 130 valence electrons. The van der Waals surface area contributed by atoms with Gasteiger partial charge in [-0.2, -0.15) is 0 Å². The SMILES string of the molecule is CC(=O)CC(CCC1CCCCC1)N1CC([N+](=O)[O-])([N+](=O)[O-])C1. The quantitative estimate of drug-likeness (QED) is 0.384. The van der Waals surface area contributed by atoms with E-state index >= 15 is 0 Å². The molecule has 8 nitrogen and oxygen atoms in total. The lowest BCUT2D eigenvalue weighted by atomic mass is 9.84. The van der Waals surface area contributed by atoms with E-state index in [9.17, 15) is 25.0 Å². The Morgan fingerprint density at radius 3 is 2.22 bits per heavy atom. The largest absolute Gasteiger partial charge is 0.482 e. The standard InChI is InChI=1S/C15H25N3O5/c1-12(19)9-14(8-7-13-5-3-2-4-6-13)16-10-15(11-16,17(20)21)18(22)23/h13-14H,2-11H2,1H3. The molecule has 0 aromatic rings. The van der Waals surface area contributed by atoms with E-state index in [1.165, 1.54) is 39.0 Å². The fourth-order valence-corrected chi connectivity index (χ4v) is 3.81. The number of carbonyl (C=O) groups excluding carboxylic acids is 1. The number of hydrogen-bond donors (Lipinski definition) is 0. The van der Waals surface area contributed by atoms with Crippen LogP contribution in [-0.4, -0.2) is 45.3 Å². The highest BCUT2D eigenvalue weighted by Crippen LogP contribution is 2.33. The molecule has 1 saturated carbocycles. The van der Waals surface area contributed by atoms with E-state index in [-0.39, 0.29) is 24.9 Å². The number of rotatable bonds is 8. The predicted molar refractivity (Wildman–Crippen MR) is 83.2 cm³/mol. The lowest BCUT2D eigenvalue weighted by Gasteiger charge is -2.41. The van der Waals surface area contributed by atoms with Gasteiger partial charge in [0, 0.05) is 12.5 Å². The third-order valence-corrected chi connectivity index (χ3v) is 5.26. The van der Waals surface area contributed by atoms with Gasteiger partial charge >= 0.3 is 5.66 Å². The second kappa shape index (κ2) is 7.33. The van der Waals surface area contributed by atoms with Crippen LogP contribution < -0.4 is 0 Å². The van der Waals surface area contributed by atoms with Gasteiger partial charge in [-0.15, -0.1) is 0 Å². The van der Waals surface area contributed by atoms with Crippen molar-refractivity contribution in [3.05, 3.63) is 20.2 Å². The molecule has 1 saturated heterocycles. The van der Waals surface area contributed by atoms with Gasteiger partial charge in [0.15, 0.2) is 0 Å². The normalized spacial score (nSPS) is 23.0. The maximum absolute atomic E-state index is 11.5. The van der Waals surface area contributed by atoms with Crippen molar-refractivity contribution in [2.75, 3.05) is 13.1 Å². The molecule has 0 radical (unpaired) electrons. The Balaban J connectivity index is 1.92. The molecule has 1 atom stereocenters. The fraction of sp³-hybridized carbons (Fsp3) is 0.933. The first-order valence-electron chi connectivity index (χ1n) is 8.37. The second-order valence-corrected chi connectivity index (χ2v) is 7.04. The maximum atomic E-state index is 11.5. The summed E-state index contributed by atoms with van der Waals surface area (Å²) in [7, 11) is 0. The van der Waals surface area contributed by atoms with Crippen molar-refractivity contribution in [2.45, 2.75) is 70.0 Å². The molecule has 0 aromatic carbocycles. The molecule has 1 heterocycles. The lowest BCUT2D eigenvalue weighted by Crippen LogP contribution is -2.72.